The van der Waals surface area contributed by atoms with E-state index in [2.05, 4.69) is 59.5 Å². The standard InChI is InChI=1S/C28H23NO/c30-28(26-23-12-6-4-10-21(23)18-22-11-5-7-13-24(22)26)27-25(19-8-2-1-3-9-19)20-14-16-29(27)17-15-20/h1-13,18,20H,14-17H2. The highest BCUT2D eigenvalue weighted by atomic mass is 16.1. The van der Waals surface area contributed by atoms with Crippen molar-refractivity contribution in [2.24, 2.45) is 5.92 Å². The molecular formula is C28H23NO. The Labute approximate surface area is 176 Å². The summed E-state index contributed by atoms with van der Waals surface area (Å²) in [6.07, 6.45) is 2.27. The molecule has 3 aliphatic heterocycles. The first kappa shape index (κ1) is 17.5. The van der Waals surface area contributed by atoms with E-state index in [1.54, 1.807) is 0 Å². The maximum absolute atomic E-state index is 14.3. The highest BCUT2D eigenvalue weighted by Crippen LogP contribution is 2.43. The zero-order chi connectivity index (χ0) is 20.1. The van der Waals surface area contributed by atoms with E-state index in [4.69, 9.17) is 0 Å². The summed E-state index contributed by atoms with van der Waals surface area (Å²) >= 11 is 0. The molecule has 2 heteroatoms. The van der Waals surface area contributed by atoms with Crippen LogP contribution in [0, 0.1) is 5.92 Å². The number of allylic oxidation sites excluding steroid dienone is 2. The number of hydrogen-bond donors (Lipinski definition) is 0. The number of rotatable bonds is 3. The minimum Gasteiger partial charge on any atom is -0.368 e. The third-order valence-electron chi connectivity index (χ3n) is 6.77. The molecule has 2 nitrogen and oxygen atoms in total. The Morgan fingerprint density at radius 2 is 1.30 bits per heavy atom. The van der Waals surface area contributed by atoms with Gasteiger partial charge in [0.15, 0.2) is 0 Å². The van der Waals surface area contributed by atoms with E-state index in [1.807, 2.05) is 30.3 Å². The molecule has 4 aromatic rings. The van der Waals surface area contributed by atoms with E-state index in [0.717, 1.165) is 58.7 Å². The summed E-state index contributed by atoms with van der Waals surface area (Å²) < 4.78 is 0. The highest BCUT2D eigenvalue weighted by Gasteiger charge is 2.37. The van der Waals surface area contributed by atoms with Gasteiger partial charge >= 0.3 is 0 Å². The first-order chi connectivity index (χ1) is 14.8. The Morgan fingerprint density at radius 3 is 1.93 bits per heavy atom. The van der Waals surface area contributed by atoms with Crippen molar-refractivity contribution in [2.45, 2.75) is 12.8 Å². The van der Waals surface area contributed by atoms with Crippen molar-refractivity contribution in [3.05, 3.63) is 102 Å². The van der Waals surface area contributed by atoms with Crippen LogP contribution in [0.1, 0.15) is 28.8 Å². The second-order valence-corrected chi connectivity index (χ2v) is 8.41. The summed E-state index contributed by atoms with van der Waals surface area (Å²) in [7, 11) is 0. The number of fused-ring (bicyclic) bond motifs is 4. The normalized spacial score (nSPS) is 16.6. The van der Waals surface area contributed by atoms with Crippen LogP contribution in [0.3, 0.4) is 0 Å². The molecule has 0 spiro atoms. The molecule has 3 aliphatic rings. The average molecular weight is 389 g/mol. The van der Waals surface area contributed by atoms with Gasteiger partial charge in [-0.2, -0.15) is 0 Å². The summed E-state index contributed by atoms with van der Waals surface area (Å²) in [4.78, 5) is 16.6. The predicted octanol–water partition coefficient (Wildman–Crippen LogP) is 6.31. The zero-order valence-corrected chi connectivity index (χ0v) is 16.8. The topological polar surface area (TPSA) is 20.3 Å². The van der Waals surface area contributed by atoms with E-state index < -0.39 is 0 Å². The lowest BCUT2D eigenvalue weighted by molar-refractivity contribution is 0.0966. The van der Waals surface area contributed by atoms with Gasteiger partial charge in [-0.1, -0.05) is 78.9 Å². The Kier molecular flexibility index (Phi) is 3.98. The molecule has 0 aromatic heterocycles. The molecule has 1 saturated heterocycles. The van der Waals surface area contributed by atoms with Crippen LogP contribution >= 0.6 is 0 Å². The molecule has 4 aromatic carbocycles. The number of ketones is 1. The van der Waals surface area contributed by atoms with Crippen LogP contribution in [-0.2, 0) is 0 Å². The van der Waals surface area contributed by atoms with E-state index in [-0.39, 0.29) is 5.78 Å². The van der Waals surface area contributed by atoms with E-state index in [1.165, 1.54) is 11.1 Å². The van der Waals surface area contributed by atoms with Crippen molar-refractivity contribution in [1.29, 1.82) is 0 Å². The fourth-order valence-electron chi connectivity index (χ4n) is 5.39. The van der Waals surface area contributed by atoms with Crippen LogP contribution in [0.4, 0.5) is 0 Å². The lowest BCUT2D eigenvalue weighted by atomic mass is 9.77. The van der Waals surface area contributed by atoms with Gasteiger partial charge in [-0.25, -0.2) is 0 Å². The van der Waals surface area contributed by atoms with Crippen LogP contribution in [0.5, 0.6) is 0 Å². The summed E-state index contributed by atoms with van der Waals surface area (Å²) in [5, 5.41) is 4.34. The fourth-order valence-corrected chi connectivity index (χ4v) is 5.39. The van der Waals surface area contributed by atoms with Crippen LogP contribution in [-0.4, -0.2) is 23.8 Å². The molecule has 146 valence electrons. The largest absolute Gasteiger partial charge is 0.368 e. The van der Waals surface area contributed by atoms with Crippen molar-refractivity contribution in [2.75, 3.05) is 13.1 Å². The SMILES string of the molecule is O=C(C1=C(c2ccccc2)C2CCN1CC2)c1c2ccccc2cc2ccccc12. The molecule has 7 rings (SSSR count). The first-order valence-electron chi connectivity index (χ1n) is 10.8. The van der Waals surface area contributed by atoms with Gasteiger partial charge in [0.25, 0.3) is 0 Å². The predicted molar refractivity (Wildman–Crippen MR) is 123 cm³/mol. The van der Waals surface area contributed by atoms with E-state index >= 15 is 0 Å². The monoisotopic (exact) mass is 389 g/mol. The molecule has 0 saturated carbocycles. The Balaban J connectivity index is 1.66. The van der Waals surface area contributed by atoms with Crippen LogP contribution in [0.15, 0.2) is 90.6 Å². The van der Waals surface area contributed by atoms with Crippen molar-refractivity contribution >= 4 is 32.9 Å². The lowest BCUT2D eigenvalue weighted by Gasteiger charge is -2.43. The fraction of sp³-hybridized carbons (Fsp3) is 0.179. The van der Waals surface area contributed by atoms with E-state index in [9.17, 15) is 4.79 Å². The van der Waals surface area contributed by atoms with Gasteiger partial charge in [0, 0.05) is 18.7 Å². The van der Waals surface area contributed by atoms with Crippen molar-refractivity contribution < 1.29 is 4.79 Å². The molecule has 1 fully saturated rings. The maximum atomic E-state index is 14.3. The zero-order valence-electron chi connectivity index (χ0n) is 16.8. The molecule has 0 aliphatic carbocycles. The smallest absolute Gasteiger partial charge is 0.210 e. The highest BCUT2D eigenvalue weighted by molar-refractivity contribution is 6.26. The second-order valence-electron chi connectivity index (χ2n) is 8.41. The van der Waals surface area contributed by atoms with Gasteiger partial charge in [0.05, 0.1) is 5.70 Å². The second kappa shape index (κ2) is 6.84. The third-order valence-corrected chi connectivity index (χ3v) is 6.77. The Hall–Kier alpha value is -3.39. The van der Waals surface area contributed by atoms with Crippen LogP contribution in [0.2, 0.25) is 0 Å². The molecule has 3 heterocycles. The van der Waals surface area contributed by atoms with Crippen molar-refractivity contribution in [3.8, 4) is 0 Å². The van der Waals surface area contributed by atoms with Gasteiger partial charge < -0.3 is 4.90 Å². The number of carbonyl (C=O) groups is 1. The Morgan fingerprint density at radius 1 is 0.733 bits per heavy atom. The van der Waals surface area contributed by atoms with Crippen LogP contribution < -0.4 is 0 Å². The molecular weight excluding hydrogens is 366 g/mol. The van der Waals surface area contributed by atoms with Gasteiger partial charge in [0.1, 0.15) is 0 Å². The summed E-state index contributed by atoms with van der Waals surface area (Å²) in [6, 6.07) is 29.3. The van der Waals surface area contributed by atoms with Crippen molar-refractivity contribution in [1.82, 2.24) is 4.90 Å². The maximum Gasteiger partial charge on any atom is 0.210 e. The molecule has 0 N–H and O–H groups in total. The summed E-state index contributed by atoms with van der Waals surface area (Å²) in [6.45, 7) is 1.95. The average Bonchev–Trinajstić information content (AvgIpc) is 2.83. The lowest BCUT2D eigenvalue weighted by Crippen LogP contribution is -2.42. The number of hydrogen-bond acceptors (Lipinski definition) is 2. The summed E-state index contributed by atoms with van der Waals surface area (Å²) in [5.41, 5.74) is 4.21. The number of carbonyl (C=O) groups excluding carboxylic acids is 1. The molecule has 30 heavy (non-hydrogen) atoms. The first-order valence-corrected chi connectivity index (χ1v) is 10.8. The molecule has 2 bridgehead atoms. The van der Waals surface area contributed by atoms with E-state index in [0.29, 0.717) is 5.92 Å². The van der Waals surface area contributed by atoms with Gasteiger partial charge in [-0.3, -0.25) is 4.79 Å². The quantitative estimate of drug-likeness (QED) is 0.302. The molecule has 0 atom stereocenters. The molecule has 0 amide bonds. The van der Waals surface area contributed by atoms with Gasteiger partial charge in [-0.05, 0) is 57.5 Å². The van der Waals surface area contributed by atoms with Gasteiger partial charge in [0.2, 0.25) is 5.78 Å². The third kappa shape index (κ3) is 2.60. The Bertz CT molecular complexity index is 1260. The molecule has 0 unspecified atom stereocenters. The number of nitrogens with zero attached hydrogens (tertiary/aromatic N) is 1. The summed E-state index contributed by atoms with van der Waals surface area (Å²) in [5.74, 6) is 0.642. The minimum atomic E-state index is 0.172. The minimum absolute atomic E-state index is 0.172. The molecule has 0 radical (unpaired) electrons. The van der Waals surface area contributed by atoms with Crippen molar-refractivity contribution in [3.63, 3.8) is 0 Å². The number of benzene rings is 4. The van der Waals surface area contributed by atoms with Gasteiger partial charge in [-0.15, -0.1) is 0 Å². The number of Topliss-reactive ketones (excluding diaryl/α,β-unsaturated/α-hetero) is 1. The number of piperidine rings is 1. The van der Waals surface area contributed by atoms with Crippen LogP contribution in [0.25, 0.3) is 27.1 Å².